The Morgan fingerprint density at radius 3 is 2.25 bits per heavy atom. The molecule has 66 valence electrons. The van der Waals surface area contributed by atoms with Crippen molar-refractivity contribution < 1.29 is 4.79 Å². The molecule has 0 aromatic rings. The van der Waals surface area contributed by atoms with Gasteiger partial charge in [-0.05, 0) is 17.8 Å². The van der Waals surface area contributed by atoms with Crippen LogP contribution in [0.25, 0.3) is 0 Å². The van der Waals surface area contributed by atoms with Crippen LogP contribution in [-0.2, 0) is 4.79 Å². The molecule has 0 radical (unpaired) electrons. The molecule has 12 heavy (non-hydrogen) atoms. The highest BCUT2D eigenvalue weighted by molar-refractivity contribution is 5.91. The van der Waals surface area contributed by atoms with Crippen molar-refractivity contribution in [2.24, 2.45) is 23.2 Å². The van der Waals surface area contributed by atoms with Gasteiger partial charge in [-0.15, -0.1) is 0 Å². The van der Waals surface area contributed by atoms with Crippen LogP contribution in [0, 0.1) is 23.2 Å². The fourth-order valence-corrected chi connectivity index (χ4v) is 2.53. The maximum atomic E-state index is 11.6. The molecule has 2 rings (SSSR count). The second-order valence-electron chi connectivity index (χ2n) is 5.13. The number of carbonyl (C=O) groups excluding carboxylic acids is 1. The number of fused-ring (bicyclic) bond motifs is 2. The van der Waals surface area contributed by atoms with E-state index < -0.39 is 0 Å². The highest BCUT2D eigenvalue weighted by Crippen LogP contribution is 2.48. The average Bonchev–Trinajstić information content (AvgIpc) is 2.45. The van der Waals surface area contributed by atoms with Gasteiger partial charge in [-0.3, -0.25) is 4.79 Å². The van der Waals surface area contributed by atoms with Crippen molar-refractivity contribution in [1.29, 1.82) is 0 Å². The van der Waals surface area contributed by atoms with Crippen LogP contribution < -0.4 is 0 Å². The molecule has 0 N–H and O–H groups in total. The van der Waals surface area contributed by atoms with Crippen molar-refractivity contribution in [3.05, 3.63) is 12.2 Å². The van der Waals surface area contributed by atoms with E-state index in [4.69, 9.17) is 0 Å². The smallest absolute Gasteiger partial charge is 0.146 e. The van der Waals surface area contributed by atoms with Gasteiger partial charge < -0.3 is 0 Å². The van der Waals surface area contributed by atoms with Crippen molar-refractivity contribution in [2.75, 3.05) is 0 Å². The van der Waals surface area contributed by atoms with Crippen molar-refractivity contribution in [3.63, 3.8) is 0 Å². The zero-order valence-corrected chi connectivity index (χ0v) is 8.00. The number of hydrogen-bond acceptors (Lipinski definition) is 1. The molecule has 0 amide bonds. The predicted molar refractivity (Wildman–Crippen MR) is 48.7 cm³/mol. The third-order valence-corrected chi connectivity index (χ3v) is 3.30. The van der Waals surface area contributed by atoms with Crippen LogP contribution in [0.15, 0.2) is 12.2 Å². The van der Waals surface area contributed by atoms with Gasteiger partial charge in [0.2, 0.25) is 0 Å². The number of ketones is 1. The van der Waals surface area contributed by atoms with Gasteiger partial charge in [0.25, 0.3) is 0 Å². The third kappa shape index (κ3) is 0.954. The summed E-state index contributed by atoms with van der Waals surface area (Å²) in [5.74, 6) is 1.56. The number of rotatable bonds is 0. The summed E-state index contributed by atoms with van der Waals surface area (Å²) in [6.45, 7) is 6.71. The predicted octanol–water partition coefficient (Wildman–Crippen LogP) is 2.42. The van der Waals surface area contributed by atoms with Gasteiger partial charge in [0.15, 0.2) is 0 Å². The molecule has 2 aliphatic rings. The number of allylic oxidation sites excluding steroid dienone is 2. The van der Waals surface area contributed by atoms with Crippen molar-refractivity contribution in [3.8, 4) is 0 Å². The first kappa shape index (κ1) is 8.03. The van der Waals surface area contributed by atoms with E-state index in [2.05, 4.69) is 32.9 Å². The molecule has 1 fully saturated rings. The Kier molecular flexibility index (Phi) is 1.48. The first-order valence-electron chi connectivity index (χ1n) is 4.72. The Bertz CT molecular complexity index is 244. The zero-order chi connectivity index (χ0) is 8.93. The van der Waals surface area contributed by atoms with Crippen LogP contribution in [0.4, 0.5) is 0 Å². The van der Waals surface area contributed by atoms with E-state index in [0.717, 1.165) is 6.42 Å². The fourth-order valence-electron chi connectivity index (χ4n) is 2.53. The van der Waals surface area contributed by atoms with E-state index >= 15 is 0 Å². The largest absolute Gasteiger partial charge is 0.298 e. The standard InChI is InChI=1S/C11H16O/c1-11(2,3)9-6-7-4-5-8(9)10(7)12/h4-5,7-9H,6H2,1-3H3. The number of hydrogen-bond donors (Lipinski definition) is 0. The molecule has 0 aromatic heterocycles. The summed E-state index contributed by atoms with van der Waals surface area (Å²) in [5, 5.41) is 0. The van der Waals surface area contributed by atoms with E-state index in [9.17, 15) is 4.79 Å². The molecule has 1 saturated carbocycles. The molecule has 3 atom stereocenters. The summed E-state index contributed by atoms with van der Waals surface area (Å²) < 4.78 is 0. The zero-order valence-electron chi connectivity index (χ0n) is 8.00. The number of Topliss-reactive ketones (excluding diaryl/α,β-unsaturated/α-hetero) is 1. The molecule has 0 spiro atoms. The van der Waals surface area contributed by atoms with Gasteiger partial charge in [0, 0.05) is 11.8 Å². The molecule has 2 aliphatic carbocycles. The second-order valence-corrected chi connectivity index (χ2v) is 5.13. The van der Waals surface area contributed by atoms with Crippen LogP contribution in [0.5, 0.6) is 0 Å². The number of carbonyl (C=O) groups is 1. The van der Waals surface area contributed by atoms with Crippen molar-refractivity contribution in [2.45, 2.75) is 27.2 Å². The Labute approximate surface area is 73.8 Å². The second kappa shape index (κ2) is 2.21. The van der Waals surface area contributed by atoms with Crippen LogP contribution in [0.2, 0.25) is 0 Å². The van der Waals surface area contributed by atoms with E-state index in [0.29, 0.717) is 17.1 Å². The van der Waals surface area contributed by atoms with Crippen molar-refractivity contribution in [1.82, 2.24) is 0 Å². The summed E-state index contributed by atoms with van der Waals surface area (Å²) in [7, 11) is 0. The van der Waals surface area contributed by atoms with Crippen LogP contribution in [0.3, 0.4) is 0 Å². The van der Waals surface area contributed by atoms with Gasteiger partial charge in [0.1, 0.15) is 5.78 Å². The van der Waals surface area contributed by atoms with Gasteiger partial charge in [-0.25, -0.2) is 0 Å². The molecule has 0 saturated heterocycles. The van der Waals surface area contributed by atoms with Crippen LogP contribution in [0.1, 0.15) is 27.2 Å². The van der Waals surface area contributed by atoms with E-state index in [1.165, 1.54) is 0 Å². The summed E-state index contributed by atoms with van der Waals surface area (Å²) in [5.41, 5.74) is 0.292. The Morgan fingerprint density at radius 1 is 1.33 bits per heavy atom. The van der Waals surface area contributed by atoms with Gasteiger partial charge >= 0.3 is 0 Å². The summed E-state index contributed by atoms with van der Waals surface area (Å²) in [6, 6.07) is 0. The molecular weight excluding hydrogens is 148 g/mol. The minimum absolute atomic E-state index is 0.245. The molecule has 0 aliphatic heterocycles. The first-order chi connectivity index (χ1) is 5.50. The minimum Gasteiger partial charge on any atom is -0.298 e. The lowest BCUT2D eigenvalue weighted by molar-refractivity contribution is -0.121. The van der Waals surface area contributed by atoms with Gasteiger partial charge in [0.05, 0.1) is 0 Å². The van der Waals surface area contributed by atoms with E-state index in [-0.39, 0.29) is 11.8 Å². The molecule has 3 unspecified atom stereocenters. The van der Waals surface area contributed by atoms with Crippen LogP contribution in [-0.4, -0.2) is 5.78 Å². The highest BCUT2D eigenvalue weighted by Gasteiger charge is 2.47. The fraction of sp³-hybridized carbons (Fsp3) is 0.727. The molecule has 0 aromatic carbocycles. The molecule has 1 nitrogen and oxygen atoms in total. The molecule has 1 heteroatoms. The monoisotopic (exact) mass is 164 g/mol. The molecule has 0 heterocycles. The molecule has 2 bridgehead atoms. The lowest BCUT2D eigenvalue weighted by atomic mass is 9.73. The minimum atomic E-state index is 0.245. The van der Waals surface area contributed by atoms with Gasteiger partial charge in [-0.2, -0.15) is 0 Å². The Hall–Kier alpha value is -0.590. The van der Waals surface area contributed by atoms with E-state index in [1.54, 1.807) is 0 Å². The van der Waals surface area contributed by atoms with E-state index in [1.807, 2.05) is 0 Å². The van der Waals surface area contributed by atoms with Gasteiger partial charge in [-0.1, -0.05) is 32.9 Å². The summed E-state index contributed by atoms with van der Waals surface area (Å²) in [6.07, 6.45) is 5.30. The first-order valence-corrected chi connectivity index (χ1v) is 4.72. The lowest BCUT2D eigenvalue weighted by Crippen LogP contribution is -2.25. The Morgan fingerprint density at radius 2 is 2.00 bits per heavy atom. The Balaban J connectivity index is 2.25. The summed E-state index contributed by atoms with van der Waals surface area (Å²) >= 11 is 0. The normalized spacial score (nSPS) is 39.6. The SMILES string of the molecule is CC(C)(C)C1CC2C=CC1C2=O. The van der Waals surface area contributed by atoms with Crippen LogP contribution >= 0.6 is 0 Å². The highest BCUT2D eigenvalue weighted by atomic mass is 16.1. The quantitative estimate of drug-likeness (QED) is 0.502. The average molecular weight is 164 g/mol. The third-order valence-electron chi connectivity index (χ3n) is 3.30. The maximum Gasteiger partial charge on any atom is 0.146 e. The molecular formula is C11H16O. The van der Waals surface area contributed by atoms with Crippen molar-refractivity contribution >= 4 is 5.78 Å². The summed E-state index contributed by atoms with van der Waals surface area (Å²) in [4.78, 5) is 11.6. The maximum absolute atomic E-state index is 11.6. The lowest BCUT2D eigenvalue weighted by Gasteiger charge is -2.31. The topological polar surface area (TPSA) is 17.1 Å².